The van der Waals surface area contributed by atoms with Gasteiger partial charge in [-0.2, -0.15) is 23.5 Å². The third-order valence-corrected chi connectivity index (χ3v) is 10.8. The normalized spacial score (nSPS) is 14.6. The summed E-state index contributed by atoms with van der Waals surface area (Å²) < 4.78 is 5.54. The van der Waals surface area contributed by atoms with E-state index < -0.39 is 6.04 Å². The lowest BCUT2D eigenvalue weighted by Crippen LogP contribution is -2.46. The zero-order chi connectivity index (χ0) is 64.0. The minimum atomic E-state index is -0.405. The van der Waals surface area contributed by atoms with Crippen molar-refractivity contribution in [2.75, 3.05) is 57.3 Å². The minimum absolute atomic E-state index is 0.0156. The Morgan fingerprint density at radius 1 is 0.675 bits per heavy atom. The van der Waals surface area contributed by atoms with E-state index in [1.54, 1.807) is 18.7 Å². The molecule has 476 valence electrons. The smallest absolute Gasteiger partial charge is 0.290 e. The van der Waals surface area contributed by atoms with E-state index in [-0.39, 0.29) is 86.5 Å². The van der Waals surface area contributed by atoms with Crippen molar-refractivity contribution in [1.82, 2.24) is 37.2 Å². The molecule has 24 heteroatoms. The maximum Gasteiger partial charge on any atom is 0.290 e. The number of thioether (sulfide) groups is 2. The average molecular weight is 1190 g/mol. The van der Waals surface area contributed by atoms with E-state index in [0.29, 0.717) is 68.3 Å². The molecule has 6 unspecified atom stereocenters. The zero-order valence-electron chi connectivity index (χ0n) is 53.6. The van der Waals surface area contributed by atoms with Gasteiger partial charge < -0.3 is 64.3 Å². The number of nitrogens with two attached hydrogens (primary N) is 3. The van der Waals surface area contributed by atoms with E-state index in [0.717, 1.165) is 37.5 Å². The highest BCUT2D eigenvalue weighted by molar-refractivity contribution is 7.98. The molecule has 0 aromatic heterocycles. The van der Waals surface area contributed by atoms with Gasteiger partial charge in [0.2, 0.25) is 42.9 Å². The van der Waals surface area contributed by atoms with Crippen LogP contribution in [-0.2, 0) is 43.1 Å². The van der Waals surface area contributed by atoms with Gasteiger partial charge in [-0.3, -0.25) is 43.3 Å². The molecule has 1 rings (SSSR count). The van der Waals surface area contributed by atoms with Crippen LogP contribution in [0.3, 0.4) is 0 Å². The number of carbonyl (C=O) groups excluding carboxylic acids is 7. The van der Waals surface area contributed by atoms with Gasteiger partial charge in [0.15, 0.2) is 11.9 Å². The van der Waals surface area contributed by atoms with Crippen LogP contribution in [0.25, 0.3) is 0 Å². The van der Waals surface area contributed by atoms with Gasteiger partial charge in [0.1, 0.15) is 19.2 Å². The molecule has 0 bridgehead atoms. The van der Waals surface area contributed by atoms with Gasteiger partial charge in [-0.1, -0.05) is 90.0 Å². The van der Waals surface area contributed by atoms with E-state index in [4.69, 9.17) is 31.8 Å². The van der Waals surface area contributed by atoms with Crippen LogP contribution in [0.5, 0.6) is 0 Å². The van der Waals surface area contributed by atoms with Gasteiger partial charge >= 0.3 is 0 Å². The molecule has 14 N–H and O–H groups in total. The Morgan fingerprint density at radius 2 is 1.07 bits per heavy atom. The summed E-state index contributed by atoms with van der Waals surface area (Å²) in [7, 11) is 0. The lowest BCUT2D eigenvalue weighted by molar-refractivity contribution is -0.126. The molecule has 1 fully saturated rings. The van der Waals surface area contributed by atoms with Gasteiger partial charge in [-0.15, -0.1) is 0 Å². The second kappa shape index (κ2) is 68.4. The fourth-order valence-electron chi connectivity index (χ4n) is 6.24. The zero-order valence-corrected chi connectivity index (χ0v) is 55.3. The number of nitrogens with zero attached hydrogens (tertiary/aromatic N) is 2. The first-order valence-corrected chi connectivity index (χ1v) is 31.2. The Balaban J connectivity index is -0.000000140. The SMILES string of the molecule is CC.CC(C)C(C)N.CC(C)CC(C)NC(=O)CNC=O.CC1CC(C)C1.CCC(=NCC(=O)NC(C)CCCN=C(N)N)OCC(C)NC(=O)CNC=O.CCC(NC=O)C(=O)NC(C)CC(C)C.CCSC.CSC.O=CO. The topological polar surface area (TPSA) is 353 Å². The van der Waals surface area contributed by atoms with E-state index in [9.17, 15) is 33.6 Å². The van der Waals surface area contributed by atoms with E-state index in [1.807, 2.05) is 79.7 Å². The highest BCUT2D eigenvalue weighted by Crippen LogP contribution is 2.31. The molecule has 1 aliphatic rings. The van der Waals surface area contributed by atoms with Crippen molar-refractivity contribution in [2.45, 2.75) is 212 Å². The van der Waals surface area contributed by atoms with Crippen molar-refractivity contribution in [1.29, 1.82) is 0 Å². The highest BCUT2D eigenvalue weighted by Gasteiger charge is 2.20. The standard InChI is InChI=1S/C17H33N7O4.C11H22N2O2.C9H18N2O2.C6H12.C5H13N.C3H8S.C2H6S.C2H6.CH2O2/c1-4-16(28-10-13(3)24-14(26)8-20-11-25)22-9-15(27)23-12(2)6-5-7-21-17(18)19;1-5-10(12-7-14)11(15)13-9(4)6-8(2)3;1-7(2)4-8(3)11-9(13)5-10-6-12;1-5-3-6(2)4-5;1-4(2)5(3)6;1-3-4-2;1-3-2;1-2;2-1-3/h11-13H,4-10H2,1-3H3,(H,20,25)(H,23,27)(H,24,26)(H4,18,19,21);7-10H,5-6H2,1-4H3,(H,12,14)(H,13,15);6-8H,4-5H2,1-3H3,(H,10,12)(H,11,13);5-6H,3-4H2,1-2H3;4-5H,6H2,1-3H3;3H2,1-2H3;1-2H3;1-2H3;1H,(H,2,3). The Hall–Kier alpha value is -4.84. The fourth-order valence-corrected chi connectivity index (χ4v) is 6.24. The predicted molar refractivity (Wildman–Crippen MR) is 339 cm³/mol. The van der Waals surface area contributed by atoms with Crippen molar-refractivity contribution < 1.29 is 48.2 Å². The molecule has 0 heterocycles. The van der Waals surface area contributed by atoms with E-state index in [1.165, 1.54) is 18.6 Å². The third kappa shape index (κ3) is 82.0. The summed E-state index contributed by atoms with van der Waals surface area (Å²) in [5.41, 5.74) is 15.9. The second-order valence-corrected chi connectivity index (χ2v) is 22.0. The molecule has 0 saturated heterocycles. The maximum absolute atomic E-state index is 12.0. The lowest BCUT2D eigenvalue weighted by Gasteiger charge is -2.28. The third-order valence-electron chi connectivity index (χ3n) is 10.2. The van der Waals surface area contributed by atoms with Crippen LogP contribution < -0.4 is 54.4 Å². The first-order valence-electron chi connectivity index (χ1n) is 28.2. The number of amides is 7. The second-order valence-electron chi connectivity index (χ2n) is 20.0. The Morgan fingerprint density at radius 3 is 1.39 bits per heavy atom. The Labute approximate surface area is 494 Å². The van der Waals surface area contributed by atoms with Crippen LogP contribution in [0.1, 0.15) is 176 Å². The van der Waals surface area contributed by atoms with E-state index in [2.05, 4.69) is 116 Å². The van der Waals surface area contributed by atoms with Gasteiger partial charge in [0.05, 0.1) is 19.1 Å². The molecule has 0 spiro atoms. The van der Waals surface area contributed by atoms with Gasteiger partial charge in [0.25, 0.3) is 6.47 Å². The number of hydrogen-bond acceptors (Lipinski definition) is 14. The number of carbonyl (C=O) groups is 8. The van der Waals surface area contributed by atoms with Crippen LogP contribution in [0.15, 0.2) is 9.98 Å². The fraction of sp³-hybridized carbons (Fsp3) is 0.821. The van der Waals surface area contributed by atoms with Crippen molar-refractivity contribution in [3.05, 3.63) is 0 Å². The van der Waals surface area contributed by atoms with Gasteiger partial charge in [0, 0.05) is 37.1 Å². The number of ether oxygens (including phenoxy) is 1. The largest absolute Gasteiger partial charge is 0.483 e. The summed E-state index contributed by atoms with van der Waals surface area (Å²) in [6.45, 7) is 37.2. The lowest BCUT2D eigenvalue weighted by atomic mass is 9.78. The number of carboxylic acid groups (broad SMARTS) is 1. The molecule has 1 saturated carbocycles. The predicted octanol–water partition coefficient (Wildman–Crippen LogP) is 6.08. The molecule has 6 atom stereocenters. The summed E-state index contributed by atoms with van der Waals surface area (Å²) in [5.74, 6) is 4.81. The maximum atomic E-state index is 12.0. The Kier molecular flexibility index (Phi) is 78.4. The van der Waals surface area contributed by atoms with Crippen LogP contribution >= 0.6 is 23.5 Å². The monoisotopic (exact) mass is 1180 g/mol. The number of rotatable bonds is 29. The van der Waals surface area contributed by atoms with Crippen LogP contribution in [0.4, 0.5) is 0 Å². The van der Waals surface area contributed by atoms with Gasteiger partial charge in [-0.05, 0) is 134 Å². The molecule has 0 aromatic rings. The summed E-state index contributed by atoms with van der Waals surface area (Å²) in [6, 6.07) is -0.0158. The summed E-state index contributed by atoms with van der Waals surface area (Å²) in [6.07, 6.45) is 15.2. The average Bonchev–Trinajstić information content (AvgIpc) is 3.36. The van der Waals surface area contributed by atoms with E-state index >= 15 is 0 Å². The number of guanidine groups is 1. The van der Waals surface area contributed by atoms with Gasteiger partial charge in [-0.25, -0.2) is 4.99 Å². The van der Waals surface area contributed by atoms with Crippen LogP contribution in [-0.4, -0.2) is 160 Å². The summed E-state index contributed by atoms with van der Waals surface area (Å²) >= 11 is 3.61. The van der Waals surface area contributed by atoms with Crippen LogP contribution in [0.2, 0.25) is 0 Å². The summed E-state index contributed by atoms with van der Waals surface area (Å²) in [5, 5.41) is 25.2. The molecule has 80 heavy (non-hydrogen) atoms. The highest BCUT2D eigenvalue weighted by atomic mass is 32.2. The number of aliphatic imine (C=N–C) groups is 2. The molecule has 1 aliphatic carbocycles. The minimum Gasteiger partial charge on any atom is -0.483 e. The van der Waals surface area contributed by atoms with Crippen molar-refractivity contribution >= 4 is 84.7 Å². The quantitative estimate of drug-likeness (QED) is 0.0175. The van der Waals surface area contributed by atoms with Crippen LogP contribution in [0, 0.1) is 29.6 Å². The Bertz CT molecular complexity index is 1510. The molecule has 0 radical (unpaired) electrons. The molecule has 0 aliphatic heterocycles. The molecular formula is C56H120N12O10S2. The molecule has 7 amide bonds. The molecule has 22 nitrogen and oxygen atoms in total. The number of nitrogens with one attached hydrogen (secondary N) is 7. The first kappa shape index (κ1) is 91.6. The summed E-state index contributed by atoms with van der Waals surface area (Å²) in [4.78, 5) is 92.8. The number of hydrogen-bond donors (Lipinski definition) is 11. The molecular weight excluding hydrogens is 1060 g/mol. The van der Waals surface area contributed by atoms with Crippen molar-refractivity contribution in [3.63, 3.8) is 0 Å². The van der Waals surface area contributed by atoms with Crippen molar-refractivity contribution in [3.8, 4) is 0 Å². The molecule has 0 aromatic carbocycles. The first-order chi connectivity index (χ1) is 37.5. The van der Waals surface area contributed by atoms with Crippen molar-refractivity contribution in [2.24, 2.45) is 56.8 Å².